The molecule has 4 nitrogen and oxygen atoms in total. The first-order chi connectivity index (χ1) is 8.74. The summed E-state index contributed by atoms with van der Waals surface area (Å²) < 4.78 is 5.16. The van der Waals surface area contributed by atoms with E-state index in [1.807, 2.05) is 44.3 Å². The summed E-state index contributed by atoms with van der Waals surface area (Å²) in [4.78, 5) is 8.58. The summed E-state index contributed by atoms with van der Waals surface area (Å²) in [5.74, 6) is 1.63. The lowest BCUT2D eigenvalue weighted by Crippen LogP contribution is -2.19. The van der Waals surface area contributed by atoms with Crippen LogP contribution in [0.1, 0.15) is 23.1 Å². The van der Waals surface area contributed by atoms with Gasteiger partial charge in [-0.15, -0.1) is 0 Å². The number of rotatable bonds is 4. The molecule has 1 atom stereocenters. The summed E-state index contributed by atoms with van der Waals surface area (Å²) in [6.45, 7) is 1.89. The van der Waals surface area contributed by atoms with Crippen molar-refractivity contribution in [3.8, 4) is 5.75 Å². The van der Waals surface area contributed by atoms with E-state index in [4.69, 9.17) is 4.74 Å². The van der Waals surface area contributed by atoms with Crippen LogP contribution >= 0.6 is 0 Å². The minimum Gasteiger partial charge on any atom is -0.497 e. The molecule has 0 saturated heterocycles. The summed E-state index contributed by atoms with van der Waals surface area (Å²) in [5, 5.41) is 3.27. The van der Waals surface area contributed by atoms with Crippen molar-refractivity contribution in [1.82, 2.24) is 15.3 Å². The van der Waals surface area contributed by atoms with Gasteiger partial charge in [0.25, 0.3) is 0 Å². The van der Waals surface area contributed by atoms with Gasteiger partial charge in [0.15, 0.2) is 0 Å². The summed E-state index contributed by atoms with van der Waals surface area (Å²) >= 11 is 0. The molecule has 0 spiro atoms. The monoisotopic (exact) mass is 243 g/mol. The van der Waals surface area contributed by atoms with Gasteiger partial charge in [-0.1, -0.05) is 12.1 Å². The van der Waals surface area contributed by atoms with Crippen molar-refractivity contribution in [3.05, 3.63) is 53.6 Å². The smallest absolute Gasteiger partial charge is 0.125 e. The Morgan fingerprint density at radius 3 is 2.44 bits per heavy atom. The van der Waals surface area contributed by atoms with E-state index in [9.17, 15) is 0 Å². The second kappa shape index (κ2) is 5.60. The van der Waals surface area contributed by atoms with Gasteiger partial charge in [0.2, 0.25) is 0 Å². The van der Waals surface area contributed by atoms with Gasteiger partial charge in [-0.2, -0.15) is 0 Å². The molecule has 2 rings (SSSR count). The van der Waals surface area contributed by atoms with Crippen LogP contribution in [0.25, 0.3) is 0 Å². The Bertz CT molecular complexity index is 511. The quantitative estimate of drug-likeness (QED) is 0.893. The standard InChI is InChI=1S/C14H17N3O/c1-10-16-9-8-13(17-10)14(15-2)11-4-6-12(18-3)7-5-11/h4-9,14-15H,1-3H3. The van der Waals surface area contributed by atoms with E-state index in [2.05, 4.69) is 15.3 Å². The Kier molecular flexibility index (Phi) is 3.89. The summed E-state index contributed by atoms with van der Waals surface area (Å²) in [5.41, 5.74) is 2.12. The van der Waals surface area contributed by atoms with Crippen LogP contribution < -0.4 is 10.1 Å². The lowest BCUT2D eigenvalue weighted by Gasteiger charge is -2.16. The maximum Gasteiger partial charge on any atom is 0.125 e. The predicted octanol–water partition coefficient (Wildman–Crippen LogP) is 2.10. The molecule has 0 saturated carbocycles. The third-order valence-corrected chi connectivity index (χ3v) is 2.83. The maximum absolute atomic E-state index is 5.16. The second-order valence-electron chi connectivity index (χ2n) is 4.02. The van der Waals surface area contributed by atoms with Gasteiger partial charge < -0.3 is 10.1 Å². The van der Waals surface area contributed by atoms with Gasteiger partial charge in [0, 0.05) is 6.20 Å². The van der Waals surface area contributed by atoms with E-state index in [1.54, 1.807) is 13.3 Å². The van der Waals surface area contributed by atoms with Gasteiger partial charge in [0.1, 0.15) is 11.6 Å². The van der Waals surface area contributed by atoms with Crippen LogP contribution in [0.4, 0.5) is 0 Å². The molecule has 0 bridgehead atoms. The van der Waals surface area contributed by atoms with Crippen molar-refractivity contribution in [2.24, 2.45) is 0 Å². The van der Waals surface area contributed by atoms with E-state index in [0.29, 0.717) is 0 Å². The molecule has 1 aromatic carbocycles. The Labute approximate surface area is 107 Å². The molecule has 1 unspecified atom stereocenters. The number of hydrogen-bond donors (Lipinski definition) is 1. The first-order valence-electron chi connectivity index (χ1n) is 5.85. The third kappa shape index (κ3) is 2.65. The minimum atomic E-state index is 0.0672. The van der Waals surface area contributed by atoms with Gasteiger partial charge in [-0.05, 0) is 37.7 Å². The average Bonchev–Trinajstić information content (AvgIpc) is 2.40. The molecule has 94 valence electrons. The van der Waals surface area contributed by atoms with E-state index in [-0.39, 0.29) is 6.04 Å². The van der Waals surface area contributed by atoms with E-state index in [1.165, 1.54) is 0 Å². The molecule has 0 aliphatic rings. The number of ether oxygens (including phenoxy) is 1. The van der Waals surface area contributed by atoms with Gasteiger partial charge >= 0.3 is 0 Å². The number of nitrogens with one attached hydrogen (secondary N) is 1. The topological polar surface area (TPSA) is 47.0 Å². The molecule has 0 amide bonds. The minimum absolute atomic E-state index is 0.0672. The molecule has 0 fully saturated rings. The molecule has 18 heavy (non-hydrogen) atoms. The van der Waals surface area contributed by atoms with Crippen LogP contribution in [0.2, 0.25) is 0 Å². The number of benzene rings is 1. The fraction of sp³-hybridized carbons (Fsp3) is 0.286. The summed E-state index contributed by atoms with van der Waals surface area (Å²) in [6, 6.07) is 9.98. The number of methoxy groups -OCH3 is 1. The van der Waals surface area contributed by atoms with Gasteiger partial charge in [-0.3, -0.25) is 0 Å². The Hall–Kier alpha value is -1.94. The third-order valence-electron chi connectivity index (χ3n) is 2.83. The van der Waals surface area contributed by atoms with Crippen molar-refractivity contribution in [1.29, 1.82) is 0 Å². The lowest BCUT2D eigenvalue weighted by atomic mass is 10.0. The van der Waals surface area contributed by atoms with Crippen LogP contribution in [0.3, 0.4) is 0 Å². The zero-order valence-corrected chi connectivity index (χ0v) is 10.8. The zero-order valence-electron chi connectivity index (χ0n) is 10.8. The SMILES string of the molecule is CNC(c1ccc(OC)cc1)c1ccnc(C)n1. The molecule has 0 aliphatic heterocycles. The highest BCUT2D eigenvalue weighted by molar-refractivity contribution is 5.33. The van der Waals surface area contributed by atoms with Crippen LogP contribution in [-0.2, 0) is 0 Å². The molecule has 2 aromatic rings. The summed E-state index contributed by atoms with van der Waals surface area (Å²) in [6.07, 6.45) is 1.78. The molecule has 1 heterocycles. The Morgan fingerprint density at radius 1 is 1.17 bits per heavy atom. The maximum atomic E-state index is 5.16. The fourth-order valence-corrected chi connectivity index (χ4v) is 1.92. The molecule has 0 radical (unpaired) electrons. The van der Waals surface area contributed by atoms with Crippen LogP contribution in [0.15, 0.2) is 36.5 Å². The first-order valence-corrected chi connectivity index (χ1v) is 5.85. The number of aryl methyl sites for hydroxylation is 1. The van der Waals surface area contributed by atoms with E-state index >= 15 is 0 Å². The highest BCUT2D eigenvalue weighted by Crippen LogP contribution is 2.22. The first kappa shape index (κ1) is 12.5. The molecule has 4 heteroatoms. The molecular formula is C14H17N3O. The highest BCUT2D eigenvalue weighted by atomic mass is 16.5. The average molecular weight is 243 g/mol. The number of hydrogen-bond acceptors (Lipinski definition) is 4. The van der Waals surface area contributed by atoms with Gasteiger partial charge in [0.05, 0.1) is 18.8 Å². The normalized spacial score (nSPS) is 12.2. The zero-order chi connectivity index (χ0) is 13.0. The Morgan fingerprint density at radius 2 is 1.89 bits per heavy atom. The van der Waals surface area contributed by atoms with Crippen molar-refractivity contribution in [3.63, 3.8) is 0 Å². The van der Waals surface area contributed by atoms with Crippen LogP contribution in [0.5, 0.6) is 5.75 Å². The second-order valence-corrected chi connectivity index (χ2v) is 4.02. The van der Waals surface area contributed by atoms with Crippen molar-refractivity contribution in [2.75, 3.05) is 14.2 Å². The van der Waals surface area contributed by atoms with Crippen LogP contribution in [-0.4, -0.2) is 24.1 Å². The van der Waals surface area contributed by atoms with Gasteiger partial charge in [-0.25, -0.2) is 9.97 Å². The largest absolute Gasteiger partial charge is 0.497 e. The van der Waals surface area contributed by atoms with E-state index < -0.39 is 0 Å². The van der Waals surface area contributed by atoms with Crippen LogP contribution in [0, 0.1) is 6.92 Å². The molecule has 1 N–H and O–H groups in total. The fourth-order valence-electron chi connectivity index (χ4n) is 1.92. The van der Waals surface area contributed by atoms with Crippen molar-refractivity contribution >= 4 is 0 Å². The predicted molar refractivity (Wildman–Crippen MR) is 70.7 cm³/mol. The number of aromatic nitrogens is 2. The highest BCUT2D eigenvalue weighted by Gasteiger charge is 2.13. The van der Waals surface area contributed by atoms with E-state index in [0.717, 1.165) is 22.8 Å². The Balaban J connectivity index is 2.32. The molecule has 1 aromatic heterocycles. The van der Waals surface area contributed by atoms with Crippen molar-refractivity contribution < 1.29 is 4.74 Å². The molecular weight excluding hydrogens is 226 g/mol. The van der Waals surface area contributed by atoms with Crippen molar-refractivity contribution in [2.45, 2.75) is 13.0 Å². The summed E-state index contributed by atoms with van der Waals surface area (Å²) in [7, 11) is 3.59. The molecule has 0 aliphatic carbocycles. The lowest BCUT2D eigenvalue weighted by molar-refractivity contribution is 0.414. The number of nitrogens with zero attached hydrogens (tertiary/aromatic N) is 2.